The van der Waals surface area contributed by atoms with Gasteiger partial charge in [0.05, 0.1) is 0 Å². The smallest absolute Gasteiger partial charge is 0.172 e. The van der Waals surface area contributed by atoms with E-state index >= 15 is 0 Å². The fourth-order valence-electron chi connectivity index (χ4n) is 0.848. The Balaban J connectivity index is 4.28. The van der Waals surface area contributed by atoms with E-state index in [1.165, 1.54) is 24.3 Å². The highest BCUT2D eigenvalue weighted by atomic mass is 32.2. The van der Waals surface area contributed by atoms with Crippen molar-refractivity contribution in [1.82, 2.24) is 0 Å². The zero-order valence-electron chi connectivity index (χ0n) is 11.3. The van der Waals surface area contributed by atoms with Crippen molar-refractivity contribution >= 4 is 9.84 Å². The number of hydrogen-bond acceptors (Lipinski definition) is 4. The van der Waals surface area contributed by atoms with Crippen LogP contribution in [0.3, 0.4) is 0 Å². The molecule has 0 bridgehead atoms. The van der Waals surface area contributed by atoms with Crippen LogP contribution < -0.4 is 0 Å². The molecule has 0 saturated heterocycles. The Morgan fingerprint density at radius 3 is 1.33 bits per heavy atom. The molecule has 0 aromatic rings. The molecule has 0 saturated carbocycles. The third kappa shape index (κ3) is 13.8. The van der Waals surface area contributed by atoms with Crippen LogP contribution in [0.2, 0.25) is 0 Å². The van der Waals surface area contributed by atoms with Crippen LogP contribution in [0.1, 0.15) is 0 Å². The molecule has 0 aliphatic rings. The third-order valence-corrected chi connectivity index (χ3v) is 2.82. The highest BCUT2D eigenvalue weighted by Crippen LogP contribution is 1.87. The molecular weight excluding hydrogens is 288 g/mol. The zero-order chi connectivity index (χ0) is 15.8. The first-order valence-electron chi connectivity index (χ1n) is 5.78. The highest BCUT2D eigenvalue weighted by Gasteiger charge is 2.04. The Kier molecular flexibility index (Phi) is 11.2. The fourth-order valence-corrected chi connectivity index (χ4v) is 1.56. The largest absolute Gasteiger partial charge is 0.384 e. The van der Waals surface area contributed by atoms with E-state index < -0.39 is 9.84 Å². The summed E-state index contributed by atoms with van der Waals surface area (Å²) in [5.74, 6) is 19.2. The van der Waals surface area contributed by atoms with Gasteiger partial charge < -0.3 is 10.2 Å². The normalized spacial score (nSPS) is 9.62. The van der Waals surface area contributed by atoms with Crippen LogP contribution in [0.5, 0.6) is 0 Å². The van der Waals surface area contributed by atoms with Gasteiger partial charge in [0.2, 0.25) is 0 Å². The highest BCUT2D eigenvalue weighted by molar-refractivity contribution is 7.91. The SMILES string of the molecule is O=S(=O)(CC#C/C=C\C#CCO)CC#C/C=C\C#CCO. The summed E-state index contributed by atoms with van der Waals surface area (Å²) in [6.07, 6.45) is 5.67. The van der Waals surface area contributed by atoms with Gasteiger partial charge in [-0.2, -0.15) is 0 Å². The lowest BCUT2D eigenvalue weighted by molar-refractivity contribution is 0.350. The van der Waals surface area contributed by atoms with Gasteiger partial charge in [-0.15, -0.1) is 0 Å². The van der Waals surface area contributed by atoms with Gasteiger partial charge in [-0.25, -0.2) is 8.42 Å². The lowest BCUT2D eigenvalue weighted by Crippen LogP contribution is -2.07. The Bertz CT molecular complexity index is 654. The first-order chi connectivity index (χ1) is 10.1. The molecular formula is C16H14O4S. The average molecular weight is 302 g/mol. The minimum atomic E-state index is -3.34. The molecule has 0 aliphatic carbocycles. The van der Waals surface area contributed by atoms with Crippen molar-refractivity contribution in [3.8, 4) is 47.4 Å². The maximum atomic E-state index is 11.5. The second-order valence-electron chi connectivity index (χ2n) is 3.30. The molecule has 0 fully saturated rings. The monoisotopic (exact) mass is 302 g/mol. The van der Waals surface area contributed by atoms with Crippen LogP contribution >= 0.6 is 0 Å². The Hall–Kier alpha value is -2.41. The fraction of sp³-hybridized carbons (Fsp3) is 0.250. The van der Waals surface area contributed by atoms with E-state index in [1.807, 2.05) is 0 Å². The Labute approximate surface area is 125 Å². The third-order valence-electron chi connectivity index (χ3n) is 1.65. The average Bonchev–Trinajstić information content (AvgIpc) is 2.45. The van der Waals surface area contributed by atoms with Crippen molar-refractivity contribution < 1.29 is 18.6 Å². The molecule has 0 aromatic heterocycles. The molecule has 0 aromatic carbocycles. The van der Waals surface area contributed by atoms with Gasteiger partial charge in [-0.3, -0.25) is 0 Å². The van der Waals surface area contributed by atoms with E-state index in [9.17, 15) is 8.42 Å². The number of sulfone groups is 1. The number of allylic oxidation sites excluding steroid dienone is 4. The summed E-state index contributed by atoms with van der Waals surface area (Å²) in [5, 5.41) is 16.8. The van der Waals surface area contributed by atoms with Gasteiger partial charge in [0.15, 0.2) is 9.84 Å². The molecule has 0 heterocycles. The number of hydrogen-bond donors (Lipinski definition) is 2. The zero-order valence-corrected chi connectivity index (χ0v) is 12.1. The van der Waals surface area contributed by atoms with Crippen LogP contribution in [-0.4, -0.2) is 43.4 Å². The standard InChI is InChI=1S/C16H14O4S/c17-13-9-5-1-3-7-11-15-21(19,20)16-12-8-4-2-6-10-14-18/h1-4,17-18H,13-16H2/b3-1-,4-2-. The van der Waals surface area contributed by atoms with Crippen LogP contribution in [0.4, 0.5) is 0 Å². The summed E-state index contributed by atoms with van der Waals surface area (Å²) in [6, 6.07) is 0. The molecule has 0 atom stereocenters. The molecule has 108 valence electrons. The van der Waals surface area contributed by atoms with E-state index in [4.69, 9.17) is 10.2 Å². The minimum Gasteiger partial charge on any atom is -0.384 e. The lowest BCUT2D eigenvalue weighted by Gasteiger charge is -1.90. The first kappa shape index (κ1) is 18.6. The van der Waals surface area contributed by atoms with Crippen molar-refractivity contribution in [2.75, 3.05) is 24.7 Å². The quantitative estimate of drug-likeness (QED) is 0.675. The molecule has 0 rings (SSSR count). The van der Waals surface area contributed by atoms with Gasteiger partial charge in [0, 0.05) is 0 Å². The van der Waals surface area contributed by atoms with Gasteiger partial charge in [-0.1, -0.05) is 47.4 Å². The van der Waals surface area contributed by atoms with Gasteiger partial charge >= 0.3 is 0 Å². The maximum absolute atomic E-state index is 11.5. The van der Waals surface area contributed by atoms with Crippen molar-refractivity contribution in [2.24, 2.45) is 0 Å². The number of rotatable bonds is 2. The van der Waals surface area contributed by atoms with E-state index in [1.54, 1.807) is 0 Å². The summed E-state index contributed by atoms with van der Waals surface area (Å²) in [7, 11) is -3.34. The van der Waals surface area contributed by atoms with Crippen molar-refractivity contribution in [3.05, 3.63) is 24.3 Å². The predicted molar refractivity (Wildman–Crippen MR) is 82.2 cm³/mol. The van der Waals surface area contributed by atoms with Gasteiger partial charge in [-0.05, 0) is 24.3 Å². The number of aliphatic hydroxyl groups is 2. The van der Waals surface area contributed by atoms with Crippen LogP contribution in [-0.2, 0) is 9.84 Å². The molecule has 2 N–H and O–H groups in total. The molecule has 0 radical (unpaired) electrons. The van der Waals surface area contributed by atoms with Crippen molar-refractivity contribution in [1.29, 1.82) is 0 Å². The van der Waals surface area contributed by atoms with Crippen LogP contribution in [0.15, 0.2) is 24.3 Å². The maximum Gasteiger partial charge on any atom is 0.172 e. The summed E-state index contributed by atoms with van der Waals surface area (Å²) >= 11 is 0. The van der Waals surface area contributed by atoms with E-state index in [0.717, 1.165) is 0 Å². The second-order valence-corrected chi connectivity index (χ2v) is 5.36. The summed E-state index contributed by atoms with van der Waals surface area (Å²) in [6.45, 7) is -0.463. The van der Waals surface area contributed by atoms with Gasteiger partial charge in [0.25, 0.3) is 0 Å². The minimum absolute atomic E-state index is 0.231. The van der Waals surface area contributed by atoms with E-state index in [-0.39, 0.29) is 24.7 Å². The summed E-state index contributed by atoms with van der Waals surface area (Å²) in [4.78, 5) is 0. The van der Waals surface area contributed by atoms with Crippen molar-refractivity contribution in [3.63, 3.8) is 0 Å². The van der Waals surface area contributed by atoms with E-state index in [0.29, 0.717) is 0 Å². The van der Waals surface area contributed by atoms with E-state index in [2.05, 4.69) is 47.4 Å². The summed E-state index contributed by atoms with van der Waals surface area (Å²) in [5.41, 5.74) is 0. The van der Waals surface area contributed by atoms with Crippen molar-refractivity contribution in [2.45, 2.75) is 0 Å². The second kappa shape index (κ2) is 12.6. The molecule has 0 amide bonds. The molecule has 0 aliphatic heterocycles. The van der Waals surface area contributed by atoms with Crippen LogP contribution in [0.25, 0.3) is 0 Å². The number of aliphatic hydroxyl groups excluding tert-OH is 2. The molecule has 0 spiro atoms. The molecule has 0 unspecified atom stereocenters. The predicted octanol–water partition coefficient (Wildman–Crippen LogP) is -0.488. The molecule has 4 nitrogen and oxygen atoms in total. The molecule has 5 heteroatoms. The van der Waals surface area contributed by atoms with Crippen LogP contribution in [0, 0.1) is 47.4 Å². The molecule has 21 heavy (non-hydrogen) atoms. The summed E-state index contributed by atoms with van der Waals surface area (Å²) < 4.78 is 23.1. The Morgan fingerprint density at radius 2 is 1.00 bits per heavy atom. The first-order valence-corrected chi connectivity index (χ1v) is 7.60. The Morgan fingerprint density at radius 1 is 0.667 bits per heavy atom. The van der Waals surface area contributed by atoms with Gasteiger partial charge in [0.1, 0.15) is 24.7 Å². The topological polar surface area (TPSA) is 74.6 Å². The lowest BCUT2D eigenvalue weighted by atomic mass is 10.5.